The summed E-state index contributed by atoms with van der Waals surface area (Å²) in [5, 5.41) is 0. The van der Waals surface area contributed by atoms with Crippen molar-refractivity contribution in [3.63, 3.8) is 0 Å². The molecule has 0 saturated carbocycles. The van der Waals surface area contributed by atoms with Gasteiger partial charge in [-0.05, 0) is 18.1 Å². The van der Waals surface area contributed by atoms with Crippen LogP contribution in [0.1, 0.15) is 18.9 Å². The van der Waals surface area contributed by atoms with E-state index in [1.165, 1.54) is 5.56 Å². The van der Waals surface area contributed by atoms with Crippen LogP contribution >= 0.6 is 0 Å². The quantitative estimate of drug-likeness (QED) is 0.613. The molecule has 1 atom stereocenters. The van der Waals surface area contributed by atoms with Crippen LogP contribution in [-0.2, 0) is 6.42 Å². The van der Waals surface area contributed by atoms with Gasteiger partial charge in [-0.15, -0.1) is 12.3 Å². The Hall–Kier alpha value is -1.42. The second-order valence-corrected chi connectivity index (χ2v) is 4.26. The summed E-state index contributed by atoms with van der Waals surface area (Å²) in [7, 11) is 0. The van der Waals surface area contributed by atoms with Crippen LogP contribution < -0.4 is 4.74 Å². The van der Waals surface area contributed by atoms with Crippen molar-refractivity contribution < 1.29 is 4.74 Å². The molecule has 1 aromatic carbocycles. The first-order valence-electron chi connectivity index (χ1n) is 4.88. The van der Waals surface area contributed by atoms with Gasteiger partial charge in [-0.2, -0.15) is 0 Å². The first-order chi connectivity index (χ1) is 6.73. The molecule has 1 heteroatoms. The molecular formula is C13H14O. The first-order valence-corrected chi connectivity index (χ1v) is 4.88. The zero-order valence-electron chi connectivity index (χ0n) is 8.42. The number of hydrogen-bond acceptors (Lipinski definition) is 1. The van der Waals surface area contributed by atoms with Crippen LogP contribution in [0.3, 0.4) is 0 Å². The third kappa shape index (κ3) is 1.61. The van der Waals surface area contributed by atoms with Crippen molar-refractivity contribution in [1.82, 2.24) is 0 Å². The molecule has 0 N–H and O–H groups in total. The van der Waals surface area contributed by atoms with E-state index in [1.54, 1.807) is 0 Å². The van der Waals surface area contributed by atoms with Gasteiger partial charge in [-0.3, -0.25) is 0 Å². The molecular weight excluding hydrogens is 172 g/mol. The summed E-state index contributed by atoms with van der Waals surface area (Å²) in [4.78, 5) is 0. The lowest BCUT2D eigenvalue weighted by Crippen LogP contribution is -2.31. The van der Waals surface area contributed by atoms with E-state index in [4.69, 9.17) is 11.2 Å². The van der Waals surface area contributed by atoms with E-state index in [0.717, 1.165) is 25.2 Å². The van der Waals surface area contributed by atoms with E-state index in [2.05, 4.69) is 18.9 Å². The largest absolute Gasteiger partial charge is 0.493 e. The highest BCUT2D eigenvalue weighted by atomic mass is 16.5. The molecule has 0 bridgehead atoms. The molecule has 0 amide bonds. The van der Waals surface area contributed by atoms with Crippen molar-refractivity contribution >= 4 is 0 Å². The highest BCUT2D eigenvalue weighted by Gasteiger charge is 2.30. The Balaban J connectivity index is 2.25. The summed E-state index contributed by atoms with van der Waals surface area (Å²) in [6.45, 7) is 2.91. The van der Waals surface area contributed by atoms with E-state index >= 15 is 0 Å². The summed E-state index contributed by atoms with van der Waals surface area (Å²) in [5.41, 5.74) is 1.39. The van der Waals surface area contributed by atoms with Crippen LogP contribution in [0.5, 0.6) is 5.75 Å². The number of benzene rings is 1. The number of terminal acetylenes is 1. The van der Waals surface area contributed by atoms with Crippen molar-refractivity contribution in [2.24, 2.45) is 5.41 Å². The van der Waals surface area contributed by atoms with E-state index in [9.17, 15) is 0 Å². The molecule has 1 aromatic rings. The number of fused-ring (bicyclic) bond motifs is 1. The predicted octanol–water partition coefficient (Wildman–Crippen LogP) is 2.65. The lowest BCUT2D eigenvalue weighted by molar-refractivity contribution is 0.142. The maximum Gasteiger partial charge on any atom is 0.122 e. The number of rotatable bonds is 1. The van der Waals surface area contributed by atoms with Gasteiger partial charge in [0.1, 0.15) is 5.75 Å². The minimum atomic E-state index is 0.114. The van der Waals surface area contributed by atoms with Crippen LogP contribution in [0.2, 0.25) is 0 Å². The zero-order valence-corrected chi connectivity index (χ0v) is 8.42. The minimum absolute atomic E-state index is 0.114. The second-order valence-electron chi connectivity index (χ2n) is 4.26. The third-order valence-electron chi connectivity index (χ3n) is 2.69. The first kappa shape index (κ1) is 9.15. The summed E-state index contributed by atoms with van der Waals surface area (Å²) >= 11 is 0. The molecule has 1 aliphatic rings. The van der Waals surface area contributed by atoms with Gasteiger partial charge in [-0.25, -0.2) is 0 Å². The molecule has 1 unspecified atom stereocenters. The topological polar surface area (TPSA) is 9.23 Å². The molecule has 0 aliphatic carbocycles. The summed E-state index contributed by atoms with van der Waals surface area (Å²) in [5.74, 6) is 3.74. The molecule has 72 valence electrons. The van der Waals surface area contributed by atoms with Gasteiger partial charge in [0.2, 0.25) is 0 Å². The minimum Gasteiger partial charge on any atom is -0.493 e. The Bertz CT molecular complexity index is 375. The van der Waals surface area contributed by atoms with Gasteiger partial charge in [0.25, 0.3) is 0 Å². The fourth-order valence-electron chi connectivity index (χ4n) is 1.91. The van der Waals surface area contributed by atoms with Crippen molar-refractivity contribution in [3.05, 3.63) is 29.8 Å². The monoisotopic (exact) mass is 186 g/mol. The Morgan fingerprint density at radius 1 is 1.50 bits per heavy atom. The van der Waals surface area contributed by atoms with Gasteiger partial charge in [0.15, 0.2) is 0 Å². The summed E-state index contributed by atoms with van der Waals surface area (Å²) in [6.07, 6.45) is 7.16. The molecule has 14 heavy (non-hydrogen) atoms. The normalized spacial score (nSPS) is 24.6. The van der Waals surface area contributed by atoms with Crippen molar-refractivity contribution in [3.8, 4) is 18.1 Å². The second kappa shape index (κ2) is 3.38. The summed E-state index contributed by atoms with van der Waals surface area (Å²) in [6, 6.07) is 8.18. The Morgan fingerprint density at radius 2 is 2.29 bits per heavy atom. The highest BCUT2D eigenvalue weighted by Crippen LogP contribution is 2.35. The number of para-hydroxylation sites is 1. The fraction of sp³-hybridized carbons (Fsp3) is 0.385. The van der Waals surface area contributed by atoms with E-state index in [0.29, 0.717) is 0 Å². The Kier molecular flexibility index (Phi) is 2.21. The number of hydrogen-bond donors (Lipinski definition) is 0. The average molecular weight is 186 g/mol. The van der Waals surface area contributed by atoms with Gasteiger partial charge in [0, 0.05) is 11.8 Å². The molecule has 0 radical (unpaired) electrons. The van der Waals surface area contributed by atoms with Gasteiger partial charge in [0.05, 0.1) is 6.61 Å². The van der Waals surface area contributed by atoms with Crippen LogP contribution in [0, 0.1) is 17.8 Å². The van der Waals surface area contributed by atoms with E-state index in [-0.39, 0.29) is 5.41 Å². The van der Waals surface area contributed by atoms with Crippen molar-refractivity contribution in [2.45, 2.75) is 19.8 Å². The molecule has 1 aliphatic heterocycles. The SMILES string of the molecule is C#CCC1(C)COc2ccccc2C1. The fourth-order valence-corrected chi connectivity index (χ4v) is 1.91. The molecule has 0 spiro atoms. The smallest absolute Gasteiger partial charge is 0.122 e. The molecule has 1 heterocycles. The van der Waals surface area contributed by atoms with Crippen LogP contribution in [0.25, 0.3) is 0 Å². The van der Waals surface area contributed by atoms with Gasteiger partial charge in [-0.1, -0.05) is 25.1 Å². The average Bonchev–Trinajstić information content (AvgIpc) is 2.17. The maximum absolute atomic E-state index is 5.70. The molecule has 2 rings (SSSR count). The predicted molar refractivity (Wildman–Crippen MR) is 57.2 cm³/mol. The summed E-state index contributed by atoms with van der Waals surface area (Å²) < 4.78 is 5.70. The van der Waals surface area contributed by atoms with Crippen molar-refractivity contribution in [1.29, 1.82) is 0 Å². The molecule has 0 aromatic heterocycles. The highest BCUT2D eigenvalue weighted by molar-refractivity contribution is 5.36. The molecule has 0 saturated heterocycles. The standard InChI is InChI=1S/C13H14O/c1-3-8-13(2)9-11-6-4-5-7-12(11)14-10-13/h1,4-7H,8-10H2,2H3. The van der Waals surface area contributed by atoms with Crippen molar-refractivity contribution in [2.75, 3.05) is 6.61 Å². The van der Waals surface area contributed by atoms with Crippen LogP contribution in [0.15, 0.2) is 24.3 Å². The third-order valence-corrected chi connectivity index (χ3v) is 2.69. The van der Waals surface area contributed by atoms with Crippen LogP contribution in [-0.4, -0.2) is 6.61 Å². The lowest BCUT2D eigenvalue weighted by atomic mass is 9.80. The van der Waals surface area contributed by atoms with E-state index < -0.39 is 0 Å². The Morgan fingerprint density at radius 3 is 3.07 bits per heavy atom. The maximum atomic E-state index is 5.70. The number of ether oxygens (including phenoxy) is 1. The zero-order chi connectivity index (χ0) is 10.0. The molecule has 1 nitrogen and oxygen atoms in total. The molecule has 0 fully saturated rings. The van der Waals surface area contributed by atoms with E-state index in [1.807, 2.05) is 18.2 Å². The van der Waals surface area contributed by atoms with Gasteiger partial charge < -0.3 is 4.74 Å². The Labute approximate surface area is 85.1 Å². The van der Waals surface area contributed by atoms with Crippen LogP contribution in [0.4, 0.5) is 0 Å². The van der Waals surface area contributed by atoms with Gasteiger partial charge >= 0.3 is 0 Å². The lowest BCUT2D eigenvalue weighted by Gasteiger charge is -2.33.